The lowest BCUT2D eigenvalue weighted by atomic mass is 10.1. The monoisotopic (exact) mass is 559 g/mol. The Morgan fingerprint density at radius 3 is 2.58 bits per heavy atom. The minimum Gasteiger partial charge on any atom is -0.497 e. The number of halogens is 1. The van der Waals surface area contributed by atoms with Crippen molar-refractivity contribution in [2.75, 3.05) is 54.0 Å². The van der Waals surface area contributed by atoms with E-state index in [0.717, 1.165) is 80.8 Å². The SMILES string of the molecule is CN=C(NCCCc1nc(C)cs1)N1CCN(Cc2cc(OC)ccc2OC)CC1.I. The summed E-state index contributed by atoms with van der Waals surface area (Å²) in [6, 6.07) is 5.98. The molecule has 1 N–H and O–H groups in total. The molecule has 1 saturated heterocycles. The topological polar surface area (TPSA) is 62.2 Å². The molecule has 9 heteroatoms. The van der Waals surface area contributed by atoms with Crippen LogP contribution in [0.3, 0.4) is 0 Å². The third-order valence-corrected chi connectivity index (χ3v) is 6.31. The maximum absolute atomic E-state index is 5.53. The normalized spacial score (nSPS) is 14.8. The average Bonchev–Trinajstić information content (AvgIpc) is 3.19. The van der Waals surface area contributed by atoms with Gasteiger partial charge >= 0.3 is 0 Å². The molecular weight excluding hydrogens is 525 g/mol. The molecule has 1 aliphatic rings. The Kier molecular flexibility index (Phi) is 10.8. The van der Waals surface area contributed by atoms with Gasteiger partial charge in [0.1, 0.15) is 11.5 Å². The van der Waals surface area contributed by atoms with Crippen molar-refractivity contribution in [1.82, 2.24) is 20.1 Å². The van der Waals surface area contributed by atoms with Crippen LogP contribution in [0, 0.1) is 6.92 Å². The number of hydrogen-bond donors (Lipinski definition) is 1. The fourth-order valence-electron chi connectivity index (χ4n) is 3.65. The van der Waals surface area contributed by atoms with Crippen LogP contribution in [0.1, 0.15) is 22.7 Å². The third kappa shape index (κ3) is 7.50. The number of nitrogens with zero attached hydrogens (tertiary/aromatic N) is 4. The quantitative estimate of drug-likeness (QED) is 0.232. The molecule has 2 aromatic rings. The molecule has 172 valence electrons. The van der Waals surface area contributed by atoms with Crippen molar-refractivity contribution in [2.45, 2.75) is 26.3 Å². The molecular formula is C22H34IN5O2S. The number of hydrogen-bond acceptors (Lipinski definition) is 6. The molecule has 1 aromatic heterocycles. The van der Waals surface area contributed by atoms with E-state index in [-0.39, 0.29) is 24.0 Å². The average molecular weight is 560 g/mol. The molecule has 31 heavy (non-hydrogen) atoms. The first-order valence-corrected chi connectivity index (χ1v) is 11.3. The van der Waals surface area contributed by atoms with Crippen molar-refractivity contribution < 1.29 is 9.47 Å². The van der Waals surface area contributed by atoms with Gasteiger partial charge in [-0.1, -0.05) is 0 Å². The molecule has 0 aliphatic carbocycles. The van der Waals surface area contributed by atoms with E-state index in [1.165, 1.54) is 5.01 Å². The number of aryl methyl sites for hydroxylation is 2. The molecule has 0 radical (unpaired) electrons. The van der Waals surface area contributed by atoms with Crippen LogP contribution in [-0.4, -0.2) is 74.7 Å². The summed E-state index contributed by atoms with van der Waals surface area (Å²) in [6.07, 6.45) is 2.07. The second-order valence-corrected chi connectivity index (χ2v) is 8.34. The van der Waals surface area contributed by atoms with E-state index < -0.39 is 0 Å². The van der Waals surface area contributed by atoms with Gasteiger partial charge in [0.15, 0.2) is 5.96 Å². The summed E-state index contributed by atoms with van der Waals surface area (Å²) in [5, 5.41) is 6.84. The van der Waals surface area contributed by atoms with Gasteiger partial charge in [0.05, 0.1) is 19.2 Å². The van der Waals surface area contributed by atoms with Crippen LogP contribution < -0.4 is 14.8 Å². The number of thiazole rings is 1. The number of guanidine groups is 1. The number of aromatic nitrogens is 1. The molecule has 1 fully saturated rings. The highest BCUT2D eigenvalue weighted by Crippen LogP contribution is 2.25. The second kappa shape index (κ2) is 13.1. The largest absolute Gasteiger partial charge is 0.497 e. The van der Waals surface area contributed by atoms with Crippen LogP contribution in [0.4, 0.5) is 0 Å². The van der Waals surface area contributed by atoms with Gasteiger partial charge in [0, 0.05) is 69.4 Å². The highest BCUT2D eigenvalue weighted by Gasteiger charge is 2.20. The van der Waals surface area contributed by atoms with E-state index in [1.54, 1.807) is 25.6 Å². The fraction of sp³-hybridized carbons (Fsp3) is 0.545. The van der Waals surface area contributed by atoms with Gasteiger partial charge in [-0.05, 0) is 31.5 Å². The summed E-state index contributed by atoms with van der Waals surface area (Å²) in [5.74, 6) is 2.76. The van der Waals surface area contributed by atoms with Crippen LogP contribution in [0.25, 0.3) is 0 Å². The highest BCUT2D eigenvalue weighted by molar-refractivity contribution is 14.0. The molecule has 1 aliphatic heterocycles. The molecule has 7 nitrogen and oxygen atoms in total. The zero-order valence-electron chi connectivity index (χ0n) is 18.9. The first-order valence-electron chi connectivity index (χ1n) is 10.4. The van der Waals surface area contributed by atoms with Gasteiger partial charge < -0.3 is 19.7 Å². The zero-order valence-corrected chi connectivity index (χ0v) is 22.0. The standard InChI is InChI=1S/C22H33N5O2S.HI/c1-17-16-30-21(25-17)6-5-9-24-22(23-2)27-12-10-26(11-13-27)15-18-14-19(28-3)7-8-20(18)29-4;/h7-8,14,16H,5-6,9-13,15H2,1-4H3,(H,23,24);1H. The van der Waals surface area contributed by atoms with Crippen molar-refractivity contribution >= 4 is 41.3 Å². The van der Waals surface area contributed by atoms with Crippen molar-refractivity contribution in [2.24, 2.45) is 4.99 Å². The van der Waals surface area contributed by atoms with Crippen molar-refractivity contribution in [3.8, 4) is 11.5 Å². The Hall–Kier alpha value is -1.59. The maximum atomic E-state index is 5.53. The predicted molar refractivity (Wildman–Crippen MR) is 138 cm³/mol. The molecule has 1 aromatic carbocycles. The molecule has 2 heterocycles. The van der Waals surface area contributed by atoms with Crippen LogP contribution in [0.5, 0.6) is 11.5 Å². The number of nitrogens with one attached hydrogen (secondary N) is 1. The first kappa shape index (κ1) is 25.7. The molecule has 3 rings (SSSR count). The van der Waals surface area contributed by atoms with E-state index >= 15 is 0 Å². The van der Waals surface area contributed by atoms with Gasteiger partial charge in [-0.25, -0.2) is 4.98 Å². The van der Waals surface area contributed by atoms with Gasteiger partial charge in [-0.3, -0.25) is 9.89 Å². The molecule has 0 unspecified atom stereocenters. The summed E-state index contributed by atoms with van der Waals surface area (Å²) in [4.78, 5) is 13.8. The number of piperazine rings is 1. The number of ether oxygens (including phenoxy) is 2. The molecule has 0 amide bonds. The fourth-order valence-corrected chi connectivity index (χ4v) is 4.47. The van der Waals surface area contributed by atoms with Gasteiger partial charge in [0.2, 0.25) is 0 Å². The molecule has 0 spiro atoms. The highest BCUT2D eigenvalue weighted by atomic mass is 127. The van der Waals surface area contributed by atoms with Crippen molar-refractivity contribution in [3.63, 3.8) is 0 Å². The summed E-state index contributed by atoms with van der Waals surface area (Å²) in [5.41, 5.74) is 2.27. The van der Waals surface area contributed by atoms with Crippen molar-refractivity contribution in [1.29, 1.82) is 0 Å². The summed E-state index contributed by atoms with van der Waals surface area (Å²) >= 11 is 1.75. The Labute approximate surface area is 206 Å². The van der Waals surface area contributed by atoms with E-state index in [1.807, 2.05) is 26.1 Å². The zero-order chi connectivity index (χ0) is 21.3. The summed E-state index contributed by atoms with van der Waals surface area (Å²) in [7, 11) is 5.27. The van der Waals surface area contributed by atoms with E-state index in [9.17, 15) is 0 Å². The van der Waals surface area contributed by atoms with Crippen LogP contribution in [-0.2, 0) is 13.0 Å². The number of methoxy groups -OCH3 is 2. The number of rotatable bonds is 8. The van der Waals surface area contributed by atoms with E-state index in [0.29, 0.717) is 0 Å². The number of aliphatic imine (C=N–C) groups is 1. The molecule has 0 atom stereocenters. The lowest BCUT2D eigenvalue weighted by molar-refractivity contribution is 0.171. The lowest BCUT2D eigenvalue weighted by Gasteiger charge is -2.36. The summed E-state index contributed by atoms with van der Waals surface area (Å²) in [6.45, 7) is 7.69. The van der Waals surface area contributed by atoms with Gasteiger partial charge in [-0.2, -0.15) is 0 Å². The summed E-state index contributed by atoms with van der Waals surface area (Å²) < 4.78 is 10.9. The number of benzene rings is 1. The Balaban J connectivity index is 0.00000341. The van der Waals surface area contributed by atoms with Gasteiger partial charge in [0.25, 0.3) is 0 Å². The molecule has 0 saturated carbocycles. The molecule has 0 bridgehead atoms. The van der Waals surface area contributed by atoms with Crippen LogP contribution >= 0.6 is 35.3 Å². The van der Waals surface area contributed by atoms with Crippen LogP contribution in [0.15, 0.2) is 28.6 Å². The minimum atomic E-state index is 0. The first-order chi connectivity index (χ1) is 14.6. The Morgan fingerprint density at radius 2 is 1.97 bits per heavy atom. The van der Waals surface area contributed by atoms with E-state index in [2.05, 4.69) is 36.5 Å². The van der Waals surface area contributed by atoms with E-state index in [4.69, 9.17) is 9.47 Å². The minimum absolute atomic E-state index is 0. The van der Waals surface area contributed by atoms with Crippen molar-refractivity contribution in [3.05, 3.63) is 39.8 Å². The Bertz CT molecular complexity index is 837. The lowest BCUT2D eigenvalue weighted by Crippen LogP contribution is -2.52. The predicted octanol–water partition coefficient (Wildman–Crippen LogP) is 3.41. The Morgan fingerprint density at radius 1 is 1.19 bits per heavy atom. The van der Waals surface area contributed by atoms with Crippen LogP contribution in [0.2, 0.25) is 0 Å². The van der Waals surface area contributed by atoms with Gasteiger partial charge in [-0.15, -0.1) is 35.3 Å². The maximum Gasteiger partial charge on any atom is 0.193 e. The smallest absolute Gasteiger partial charge is 0.193 e. The second-order valence-electron chi connectivity index (χ2n) is 7.40. The third-order valence-electron chi connectivity index (χ3n) is 5.28.